The Morgan fingerprint density at radius 2 is 1.80 bits per heavy atom. The zero-order valence-electron chi connectivity index (χ0n) is 13.9. The van der Waals surface area contributed by atoms with Gasteiger partial charge in [-0.2, -0.15) is 0 Å². The van der Waals surface area contributed by atoms with E-state index in [1.165, 1.54) is 10.8 Å². The first-order chi connectivity index (χ1) is 12.2. The molecule has 0 saturated heterocycles. The lowest BCUT2D eigenvalue weighted by molar-refractivity contribution is 0.174. The lowest BCUT2D eigenvalue weighted by Gasteiger charge is -2.21. The molecule has 126 valence electrons. The summed E-state index contributed by atoms with van der Waals surface area (Å²) in [7, 11) is 1.97. The molecule has 0 spiro atoms. The summed E-state index contributed by atoms with van der Waals surface area (Å²) in [5, 5.41) is 6.39. The first kappa shape index (κ1) is 15.7. The Bertz CT molecular complexity index is 942. The molecule has 4 nitrogen and oxygen atoms in total. The molecule has 0 amide bonds. The van der Waals surface area contributed by atoms with E-state index in [9.17, 15) is 0 Å². The van der Waals surface area contributed by atoms with Crippen molar-refractivity contribution in [1.82, 2.24) is 5.32 Å². The number of thiocarbonyl (C=S) groups is 1. The van der Waals surface area contributed by atoms with Crippen molar-refractivity contribution in [2.75, 3.05) is 18.7 Å². The van der Waals surface area contributed by atoms with Gasteiger partial charge in [0.25, 0.3) is 0 Å². The van der Waals surface area contributed by atoms with E-state index in [0.29, 0.717) is 11.7 Å². The SMILES string of the molecule is CN(C(=S)NCc1ccc2c(c1)OCO2)c1ccc2ccccc2c1. The lowest BCUT2D eigenvalue weighted by atomic mass is 10.1. The lowest BCUT2D eigenvalue weighted by Crippen LogP contribution is -2.36. The van der Waals surface area contributed by atoms with Crippen molar-refractivity contribution in [3.8, 4) is 11.5 Å². The van der Waals surface area contributed by atoms with E-state index < -0.39 is 0 Å². The van der Waals surface area contributed by atoms with Crippen LogP contribution in [0.2, 0.25) is 0 Å². The maximum atomic E-state index is 5.54. The van der Waals surface area contributed by atoms with E-state index in [2.05, 4.69) is 35.6 Å². The summed E-state index contributed by atoms with van der Waals surface area (Å²) in [5.41, 5.74) is 2.15. The third-order valence-corrected chi connectivity index (χ3v) is 4.72. The van der Waals surface area contributed by atoms with Crippen LogP contribution in [0, 0.1) is 0 Å². The first-order valence-corrected chi connectivity index (χ1v) is 8.50. The smallest absolute Gasteiger partial charge is 0.231 e. The van der Waals surface area contributed by atoms with Crippen LogP contribution in [0.15, 0.2) is 60.7 Å². The third kappa shape index (κ3) is 3.23. The number of benzene rings is 3. The first-order valence-electron chi connectivity index (χ1n) is 8.09. The number of rotatable bonds is 3. The minimum atomic E-state index is 0.287. The highest BCUT2D eigenvalue weighted by Gasteiger charge is 2.13. The average molecular weight is 350 g/mol. The van der Waals surface area contributed by atoms with Crippen molar-refractivity contribution >= 4 is 33.8 Å². The summed E-state index contributed by atoms with van der Waals surface area (Å²) in [6.07, 6.45) is 0. The van der Waals surface area contributed by atoms with Crippen molar-refractivity contribution in [3.05, 3.63) is 66.2 Å². The van der Waals surface area contributed by atoms with Crippen LogP contribution in [0.4, 0.5) is 5.69 Å². The Hall–Kier alpha value is -2.79. The molecule has 1 heterocycles. The van der Waals surface area contributed by atoms with E-state index >= 15 is 0 Å². The maximum absolute atomic E-state index is 5.54. The van der Waals surface area contributed by atoms with Gasteiger partial charge in [-0.3, -0.25) is 0 Å². The van der Waals surface area contributed by atoms with Gasteiger partial charge in [0.2, 0.25) is 6.79 Å². The second-order valence-corrected chi connectivity index (χ2v) is 6.32. The molecule has 0 atom stereocenters. The molecule has 1 aliphatic rings. The van der Waals surface area contributed by atoms with Crippen LogP contribution in [0.25, 0.3) is 10.8 Å². The molecule has 0 radical (unpaired) electrons. The molecule has 0 unspecified atom stereocenters. The molecule has 0 saturated carbocycles. The van der Waals surface area contributed by atoms with Gasteiger partial charge in [-0.15, -0.1) is 0 Å². The molecular weight excluding hydrogens is 332 g/mol. The van der Waals surface area contributed by atoms with Gasteiger partial charge in [0, 0.05) is 19.3 Å². The molecule has 3 aromatic rings. The monoisotopic (exact) mass is 350 g/mol. The summed E-state index contributed by atoms with van der Waals surface area (Å²) < 4.78 is 10.7. The fourth-order valence-corrected chi connectivity index (χ4v) is 3.03. The average Bonchev–Trinajstić information content (AvgIpc) is 3.13. The van der Waals surface area contributed by atoms with Crippen LogP contribution in [-0.4, -0.2) is 19.0 Å². The summed E-state index contributed by atoms with van der Waals surface area (Å²) in [6.45, 7) is 0.919. The summed E-state index contributed by atoms with van der Waals surface area (Å²) in [5.74, 6) is 1.58. The molecule has 5 heteroatoms. The van der Waals surface area contributed by atoms with Gasteiger partial charge in [0.1, 0.15) is 0 Å². The zero-order valence-corrected chi connectivity index (χ0v) is 14.7. The van der Waals surface area contributed by atoms with Crippen molar-refractivity contribution in [3.63, 3.8) is 0 Å². The molecular formula is C20H18N2O2S. The van der Waals surface area contributed by atoms with Gasteiger partial charge in [0.15, 0.2) is 16.6 Å². The van der Waals surface area contributed by atoms with E-state index in [-0.39, 0.29) is 6.79 Å². The molecule has 0 aliphatic carbocycles. The Morgan fingerprint density at radius 1 is 1.00 bits per heavy atom. The molecule has 1 aliphatic heterocycles. The highest BCUT2D eigenvalue weighted by molar-refractivity contribution is 7.80. The number of nitrogens with zero attached hydrogens (tertiary/aromatic N) is 1. The number of hydrogen-bond acceptors (Lipinski definition) is 3. The Morgan fingerprint density at radius 3 is 2.68 bits per heavy atom. The quantitative estimate of drug-likeness (QED) is 0.720. The molecule has 0 fully saturated rings. The minimum absolute atomic E-state index is 0.287. The van der Waals surface area contributed by atoms with Crippen LogP contribution in [-0.2, 0) is 6.54 Å². The van der Waals surface area contributed by atoms with E-state index in [1.807, 2.05) is 42.3 Å². The molecule has 1 N–H and O–H groups in total. The second kappa shape index (κ2) is 6.61. The van der Waals surface area contributed by atoms with Gasteiger partial charge in [0.05, 0.1) is 0 Å². The van der Waals surface area contributed by atoms with Crippen molar-refractivity contribution < 1.29 is 9.47 Å². The Kier molecular flexibility index (Phi) is 4.15. The van der Waals surface area contributed by atoms with E-state index in [0.717, 1.165) is 22.7 Å². The third-order valence-electron chi connectivity index (χ3n) is 4.31. The van der Waals surface area contributed by atoms with Crippen LogP contribution in [0.5, 0.6) is 11.5 Å². The highest BCUT2D eigenvalue weighted by atomic mass is 32.1. The molecule has 0 bridgehead atoms. The van der Waals surface area contributed by atoms with Gasteiger partial charge in [-0.1, -0.05) is 36.4 Å². The minimum Gasteiger partial charge on any atom is -0.454 e. The van der Waals surface area contributed by atoms with Gasteiger partial charge in [-0.05, 0) is 52.8 Å². The number of hydrogen-bond donors (Lipinski definition) is 1. The van der Waals surface area contributed by atoms with Crippen molar-refractivity contribution in [2.24, 2.45) is 0 Å². The maximum Gasteiger partial charge on any atom is 0.231 e. The number of ether oxygens (including phenoxy) is 2. The van der Waals surface area contributed by atoms with Crippen LogP contribution >= 0.6 is 12.2 Å². The largest absolute Gasteiger partial charge is 0.454 e. The van der Waals surface area contributed by atoms with Crippen molar-refractivity contribution in [2.45, 2.75) is 6.54 Å². The van der Waals surface area contributed by atoms with Crippen LogP contribution in [0.3, 0.4) is 0 Å². The fourth-order valence-electron chi connectivity index (χ4n) is 2.85. The van der Waals surface area contributed by atoms with Gasteiger partial charge >= 0.3 is 0 Å². The molecule has 0 aromatic heterocycles. The summed E-state index contributed by atoms with van der Waals surface area (Å²) in [6, 6.07) is 20.6. The van der Waals surface area contributed by atoms with E-state index in [1.54, 1.807) is 0 Å². The molecule has 4 rings (SSSR count). The fraction of sp³-hybridized carbons (Fsp3) is 0.150. The number of anilines is 1. The van der Waals surface area contributed by atoms with Crippen LogP contribution in [0.1, 0.15) is 5.56 Å². The number of fused-ring (bicyclic) bond motifs is 2. The predicted octanol–water partition coefficient (Wildman–Crippen LogP) is 4.08. The zero-order chi connectivity index (χ0) is 17.2. The van der Waals surface area contributed by atoms with E-state index in [4.69, 9.17) is 21.7 Å². The topological polar surface area (TPSA) is 33.7 Å². The molecule has 25 heavy (non-hydrogen) atoms. The highest BCUT2D eigenvalue weighted by Crippen LogP contribution is 2.32. The van der Waals surface area contributed by atoms with Gasteiger partial charge in [-0.25, -0.2) is 0 Å². The number of nitrogens with one attached hydrogen (secondary N) is 1. The Balaban J connectivity index is 1.44. The standard InChI is InChI=1S/C20H18N2O2S/c1-22(17-8-7-15-4-2-3-5-16(15)11-17)20(25)21-12-14-6-9-18-19(10-14)24-13-23-18/h2-11H,12-13H2,1H3,(H,21,25). The molecule has 3 aromatic carbocycles. The predicted molar refractivity (Wildman–Crippen MR) is 104 cm³/mol. The second-order valence-electron chi connectivity index (χ2n) is 5.94. The van der Waals surface area contributed by atoms with Crippen LogP contribution < -0.4 is 19.7 Å². The van der Waals surface area contributed by atoms with Crippen molar-refractivity contribution in [1.29, 1.82) is 0 Å². The Labute approximate surface area is 152 Å². The summed E-state index contributed by atoms with van der Waals surface area (Å²) >= 11 is 5.54. The normalized spacial score (nSPS) is 12.2. The summed E-state index contributed by atoms with van der Waals surface area (Å²) in [4.78, 5) is 1.98. The van der Waals surface area contributed by atoms with Gasteiger partial charge < -0.3 is 19.7 Å².